The highest BCUT2D eigenvalue weighted by atomic mass is 14.1. The molecule has 0 fully saturated rings. The van der Waals surface area contributed by atoms with Gasteiger partial charge < -0.3 is 0 Å². The van der Waals surface area contributed by atoms with E-state index in [2.05, 4.69) is 70.7 Å². The number of rotatable bonds is 5. The van der Waals surface area contributed by atoms with Crippen LogP contribution in [0.4, 0.5) is 0 Å². The van der Waals surface area contributed by atoms with Gasteiger partial charge in [-0.15, -0.1) is 0 Å². The molecule has 1 aromatic rings. The van der Waals surface area contributed by atoms with E-state index in [0.717, 1.165) is 12.8 Å². The summed E-state index contributed by atoms with van der Waals surface area (Å²) in [5.41, 5.74) is 2.74. The zero-order valence-electron chi connectivity index (χ0n) is 12.4. The van der Waals surface area contributed by atoms with Gasteiger partial charge in [-0.2, -0.15) is 0 Å². The molecule has 0 spiro atoms. The van der Waals surface area contributed by atoms with Gasteiger partial charge in [-0.1, -0.05) is 83.2 Å². The summed E-state index contributed by atoms with van der Waals surface area (Å²) < 4.78 is 0. The first kappa shape index (κ1) is 16.7. The van der Waals surface area contributed by atoms with Crippen LogP contribution in [0, 0.1) is 0 Å². The molecule has 0 heterocycles. The molecule has 0 saturated heterocycles. The van der Waals surface area contributed by atoms with Crippen molar-refractivity contribution in [2.45, 2.75) is 52.9 Å². The highest BCUT2D eigenvalue weighted by Gasteiger charge is 2.11. The second-order valence-corrected chi connectivity index (χ2v) is 4.40. The molecular formula is C18H28. The van der Waals surface area contributed by atoms with Crippen LogP contribution in [-0.4, -0.2) is 0 Å². The van der Waals surface area contributed by atoms with Crippen LogP contribution in [0.2, 0.25) is 0 Å². The molecule has 0 aliphatic carbocycles. The number of hydrogen-bond donors (Lipinski definition) is 0. The highest BCUT2D eigenvalue weighted by molar-refractivity contribution is 5.33. The van der Waals surface area contributed by atoms with Crippen molar-refractivity contribution in [2.24, 2.45) is 0 Å². The van der Waals surface area contributed by atoms with Gasteiger partial charge in [0.05, 0.1) is 0 Å². The van der Waals surface area contributed by atoms with Gasteiger partial charge in [0, 0.05) is 5.92 Å². The minimum atomic E-state index is 0.503. The van der Waals surface area contributed by atoms with Gasteiger partial charge in [0.2, 0.25) is 0 Å². The van der Waals surface area contributed by atoms with Crippen LogP contribution in [0.15, 0.2) is 54.6 Å². The maximum absolute atomic E-state index is 3.91. The van der Waals surface area contributed by atoms with E-state index in [9.17, 15) is 0 Å². The van der Waals surface area contributed by atoms with Crippen LogP contribution in [0.5, 0.6) is 0 Å². The topological polar surface area (TPSA) is 0 Å². The third kappa shape index (κ3) is 5.86. The van der Waals surface area contributed by atoms with Gasteiger partial charge in [0.1, 0.15) is 0 Å². The van der Waals surface area contributed by atoms with Crippen LogP contribution in [0.25, 0.3) is 0 Å². The summed E-state index contributed by atoms with van der Waals surface area (Å²) in [6.45, 7) is 12.6. The van der Waals surface area contributed by atoms with E-state index in [4.69, 9.17) is 0 Å². The molecule has 1 unspecified atom stereocenters. The molecule has 0 aliphatic rings. The van der Waals surface area contributed by atoms with E-state index in [1.807, 2.05) is 6.08 Å². The Kier molecular flexibility index (Phi) is 10.0. The molecule has 0 saturated carbocycles. The van der Waals surface area contributed by atoms with Crippen molar-refractivity contribution in [2.75, 3.05) is 0 Å². The van der Waals surface area contributed by atoms with Crippen LogP contribution in [0.1, 0.15) is 58.4 Å². The second-order valence-electron chi connectivity index (χ2n) is 4.40. The third-order valence-electron chi connectivity index (χ3n) is 2.69. The fourth-order valence-electron chi connectivity index (χ4n) is 1.95. The average Bonchev–Trinajstić information content (AvgIpc) is 2.40. The SMILES string of the molecule is C=C/C(=C\CC)C(CC)c1ccccc1.CCC. The molecule has 0 radical (unpaired) electrons. The Morgan fingerprint density at radius 3 is 2.06 bits per heavy atom. The normalized spacial score (nSPS) is 12.3. The summed E-state index contributed by atoms with van der Waals surface area (Å²) in [6.07, 6.45) is 7.71. The summed E-state index contributed by atoms with van der Waals surface area (Å²) in [4.78, 5) is 0. The van der Waals surface area contributed by atoms with E-state index in [1.165, 1.54) is 17.6 Å². The monoisotopic (exact) mass is 244 g/mol. The quantitative estimate of drug-likeness (QED) is 0.547. The molecule has 0 aliphatic heterocycles. The Morgan fingerprint density at radius 2 is 1.67 bits per heavy atom. The summed E-state index contributed by atoms with van der Waals surface area (Å²) >= 11 is 0. The van der Waals surface area contributed by atoms with Crippen molar-refractivity contribution in [1.29, 1.82) is 0 Å². The Morgan fingerprint density at radius 1 is 1.11 bits per heavy atom. The summed E-state index contributed by atoms with van der Waals surface area (Å²) in [6, 6.07) is 10.7. The van der Waals surface area contributed by atoms with E-state index in [-0.39, 0.29) is 0 Å². The molecule has 0 heteroatoms. The van der Waals surface area contributed by atoms with Gasteiger partial charge in [0.25, 0.3) is 0 Å². The van der Waals surface area contributed by atoms with Crippen molar-refractivity contribution < 1.29 is 0 Å². The molecule has 0 amide bonds. The van der Waals surface area contributed by atoms with Crippen LogP contribution < -0.4 is 0 Å². The predicted molar refractivity (Wildman–Crippen MR) is 84.0 cm³/mol. The third-order valence-corrected chi connectivity index (χ3v) is 2.69. The van der Waals surface area contributed by atoms with Crippen molar-refractivity contribution in [3.05, 3.63) is 60.2 Å². The lowest BCUT2D eigenvalue weighted by atomic mass is 9.88. The van der Waals surface area contributed by atoms with E-state index < -0.39 is 0 Å². The Hall–Kier alpha value is -1.30. The molecule has 1 atom stereocenters. The lowest BCUT2D eigenvalue weighted by Gasteiger charge is -2.16. The first-order chi connectivity index (χ1) is 8.74. The van der Waals surface area contributed by atoms with E-state index in [0.29, 0.717) is 5.92 Å². The molecule has 1 aromatic carbocycles. The maximum Gasteiger partial charge on any atom is 0.00833 e. The van der Waals surface area contributed by atoms with Gasteiger partial charge in [-0.3, -0.25) is 0 Å². The van der Waals surface area contributed by atoms with E-state index >= 15 is 0 Å². The van der Waals surface area contributed by atoms with Crippen LogP contribution >= 0.6 is 0 Å². The Bertz CT molecular complexity index is 332. The van der Waals surface area contributed by atoms with Gasteiger partial charge in [-0.05, 0) is 24.0 Å². The summed E-state index contributed by atoms with van der Waals surface area (Å²) in [7, 11) is 0. The van der Waals surface area contributed by atoms with Gasteiger partial charge >= 0.3 is 0 Å². The summed E-state index contributed by atoms with van der Waals surface area (Å²) in [5, 5.41) is 0. The molecule has 18 heavy (non-hydrogen) atoms. The molecule has 1 rings (SSSR count). The second kappa shape index (κ2) is 10.8. The maximum atomic E-state index is 3.91. The smallest absolute Gasteiger partial charge is 0.00833 e. The molecule has 0 nitrogen and oxygen atoms in total. The van der Waals surface area contributed by atoms with Crippen molar-refractivity contribution in [3.63, 3.8) is 0 Å². The lowest BCUT2D eigenvalue weighted by Crippen LogP contribution is -1.99. The zero-order valence-corrected chi connectivity index (χ0v) is 12.4. The number of benzene rings is 1. The van der Waals surface area contributed by atoms with Crippen molar-refractivity contribution >= 4 is 0 Å². The minimum absolute atomic E-state index is 0.503. The van der Waals surface area contributed by atoms with Crippen LogP contribution in [0.3, 0.4) is 0 Å². The van der Waals surface area contributed by atoms with Gasteiger partial charge in [-0.25, -0.2) is 0 Å². The first-order valence-electron chi connectivity index (χ1n) is 7.12. The standard InChI is InChI=1S/C15H20.C3H8/c1-4-10-13(5-2)15(6-3)14-11-8-7-9-12-14;1-3-2/h5,7-12,15H,2,4,6H2,1,3H3;3H2,1-2H3/b13-10+;. The largest absolute Gasteiger partial charge is 0.0988 e. The fourth-order valence-corrected chi connectivity index (χ4v) is 1.95. The molecule has 100 valence electrons. The van der Waals surface area contributed by atoms with Crippen molar-refractivity contribution in [3.8, 4) is 0 Å². The fraction of sp³-hybridized carbons (Fsp3) is 0.444. The molecule has 0 N–H and O–H groups in total. The highest BCUT2D eigenvalue weighted by Crippen LogP contribution is 2.28. The van der Waals surface area contributed by atoms with Crippen LogP contribution in [-0.2, 0) is 0 Å². The minimum Gasteiger partial charge on any atom is -0.0988 e. The Labute approximate surface area is 113 Å². The summed E-state index contributed by atoms with van der Waals surface area (Å²) in [5.74, 6) is 0.503. The number of hydrogen-bond acceptors (Lipinski definition) is 0. The first-order valence-corrected chi connectivity index (χ1v) is 7.12. The average molecular weight is 244 g/mol. The molecule has 0 aromatic heterocycles. The number of allylic oxidation sites excluding steroid dienone is 3. The lowest BCUT2D eigenvalue weighted by molar-refractivity contribution is 0.772. The van der Waals surface area contributed by atoms with E-state index in [1.54, 1.807) is 0 Å². The Balaban J connectivity index is 0.000000873. The predicted octanol–water partition coefficient (Wildman–Crippen LogP) is 6.12. The van der Waals surface area contributed by atoms with Crippen molar-refractivity contribution in [1.82, 2.24) is 0 Å². The molecular weight excluding hydrogens is 216 g/mol. The molecule has 0 bridgehead atoms. The zero-order chi connectivity index (χ0) is 13.8. The van der Waals surface area contributed by atoms with Gasteiger partial charge in [0.15, 0.2) is 0 Å².